The van der Waals surface area contributed by atoms with Gasteiger partial charge in [0.1, 0.15) is 17.3 Å². The Morgan fingerprint density at radius 2 is 2.11 bits per heavy atom. The average molecular weight is 241 g/mol. The van der Waals surface area contributed by atoms with Crippen LogP contribution < -0.4 is 10.5 Å². The highest BCUT2D eigenvalue weighted by Gasteiger charge is 2.09. The van der Waals surface area contributed by atoms with Crippen LogP contribution in [-0.4, -0.2) is 16.2 Å². The van der Waals surface area contributed by atoms with Crippen molar-refractivity contribution in [3.8, 4) is 29.4 Å². The maximum Gasteiger partial charge on any atom is 0.132 e. The third-order valence-corrected chi connectivity index (χ3v) is 2.58. The predicted molar refractivity (Wildman–Crippen MR) is 72.1 cm³/mol. The van der Waals surface area contributed by atoms with E-state index < -0.39 is 0 Å². The number of hydrogen-bond donors (Lipinski definition) is 1. The third-order valence-electron chi connectivity index (χ3n) is 2.58. The smallest absolute Gasteiger partial charge is 0.132 e. The van der Waals surface area contributed by atoms with E-state index in [0.717, 1.165) is 17.0 Å². The zero-order chi connectivity index (χ0) is 13.0. The fourth-order valence-electron chi connectivity index (χ4n) is 1.71. The van der Waals surface area contributed by atoms with Crippen LogP contribution in [0.3, 0.4) is 0 Å². The molecule has 0 unspecified atom stereocenters. The quantitative estimate of drug-likeness (QED) is 0.834. The van der Waals surface area contributed by atoms with Gasteiger partial charge >= 0.3 is 0 Å². The van der Waals surface area contributed by atoms with Gasteiger partial charge in [0.05, 0.1) is 19.5 Å². The Hall–Kier alpha value is -2.41. The molecule has 0 amide bonds. The normalized spacial score (nSPS) is 10.0. The van der Waals surface area contributed by atoms with Crippen LogP contribution >= 0.6 is 0 Å². The molecule has 4 nitrogen and oxygen atoms in total. The molecule has 18 heavy (non-hydrogen) atoms. The van der Waals surface area contributed by atoms with Crippen molar-refractivity contribution in [2.75, 3.05) is 12.3 Å². The number of hydrogen-bond acceptors (Lipinski definition) is 3. The summed E-state index contributed by atoms with van der Waals surface area (Å²) in [4.78, 5) is 4.28. The summed E-state index contributed by atoms with van der Waals surface area (Å²) >= 11 is 0. The summed E-state index contributed by atoms with van der Waals surface area (Å²) in [6.45, 7) is 3.03. The third kappa shape index (κ3) is 2.30. The number of nitrogens with two attached hydrogens (primary N) is 1. The molecule has 4 heteroatoms. The number of nitrogens with zero attached hydrogens (tertiary/aromatic N) is 2. The second-order valence-corrected chi connectivity index (χ2v) is 3.77. The number of ether oxygens (including phenoxy) is 1. The fourth-order valence-corrected chi connectivity index (χ4v) is 1.71. The molecule has 0 fully saturated rings. The van der Waals surface area contributed by atoms with Crippen molar-refractivity contribution < 1.29 is 4.74 Å². The summed E-state index contributed by atoms with van der Waals surface area (Å²) in [5, 5.41) is 0. The van der Waals surface area contributed by atoms with Crippen LogP contribution in [0, 0.1) is 12.3 Å². The van der Waals surface area contributed by atoms with Gasteiger partial charge in [-0.3, -0.25) is 0 Å². The zero-order valence-corrected chi connectivity index (χ0v) is 10.3. The van der Waals surface area contributed by atoms with E-state index in [1.54, 1.807) is 10.9 Å². The van der Waals surface area contributed by atoms with E-state index in [-0.39, 0.29) is 0 Å². The Kier molecular flexibility index (Phi) is 3.54. The van der Waals surface area contributed by atoms with Gasteiger partial charge in [-0.15, -0.1) is 6.42 Å². The summed E-state index contributed by atoms with van der Waals surface area (Å²) in [5.41, 5.74) is 7.69. The van der Waals surface area contributed by atoms with Crippen LogP contribution in [0.15, 0.2) is 30.6 Å². The molecule has 1 aromatic heterocycles. The van der Waals surface area contributed by atoms with Gasteiger partial charge < -0.3 is 15.0 Å². The lowest BCUT2D eigenvalue weighted by molar-refractivity contribution is 0.340. The number of rotatable bonds is 4. The molecule has 0 spiro atoms. The van der Waals surface area contributed by atoms with E-state index in [9.17, 15) is 0 Å². The van der Waals surface area contributed by atoms with Crippen molar-refractivity contribution in [3.05, 3.63) is 30.6 Å². The molecule has 0 atom stereocenters. The monoisotopic (exact) mass is 241 g/mol. The number of aromatic nitrogens is 2. The van der Waals surface area contributed by atoms with Crippen molar-refractivity contribution >= 4 is 5.82 Å². The van der Waals surface area contributed by atoms with Gasteiger partial charge in [0.2, 0.25) is 0 Å². The molecular formula is C14H15N3O. The summed E-state index contributed by atoms with van der Waals surface area (Å²) < 4.78 is 7.13. The van der Waals surface area contributed by atoms with Gasteiger partial charge in [-0.2, -0.15) is 0 Å². The van der Waals surface area contributed by atoms with Gasteiger partial charge in [0.25, 0.3) is 0 Å². The molecule has 92 valence electrons. The minimum absolute atomic E-state index is 0.426. The lowest BCUT2D eigenvalue weighted by Gasteiger charge is -2.05. The van der Waals surface area contributed by atoms with Crippen LogP contribution in [0.1, 0.15) is 6.92 Å². The van der Waals surface area contributed by atoms with Crippen molar-refractivity contribution in [1.82, 2.24) is 9.55 Å². The first-order valence-electron chi connectivity index (χ1n) is 5.73. The van der Waals surface area contributed by atoms with E-state index >= 15 is 0 Å². The number of anilines is 1. The maximum atomic E-state index is 5.99. The highest BCUT2D eigenvalue weighted by Crippen LogP contribution is 2.26. The van der Waals surface area contributed by atoms with E-state index in [1.165, 1.54) is 0 Å². The van der Waals surface area contributed by atoms with Crippen molar-refractivity contribution in [1.29, 1.82) is 0 Å². The molecular weight excluding hydrogens is 226 g/mol. The van der Waals surface area contributed by atoms with Crippen molar-refractivity contribution in [2.45, 2.75) is 13.5 Å². The first-order valence-corrected chi connectivity index (χ1v) is 5.73. The Balaban J connectivity index is 2.29. The van der Waals surface area contributed by atoms with E-state index in [0.29, 0.717) is 19.0 Å². The second kappa shape index (κ2) is 5.28. The fraction of sp³-hybridized carbons (Fsp3) is 0.214. The Bertz CT molecular complexity index is 564. The molecule has 0 aliphatic heterocycles. The van der Waals surface area contributed by atoms with E-state index in [4.69, 9.17) is 16.9 Å². The van der Waals surface area contributed by atoms with Crippen LogP contribution in [-0.2, 0) is 6.54 Å². The Labute approximate surface area is 106 Å². The lowest BCUT2D eigenvalue weighted by atomic mass is 10.1. The van der Waals surface area contributed by atoms with Crippen LogP contribution in [0.5, 0.6) is 5.75 Å². The van der Waals surface area contributed by atoms with Gasteiger partial charge in [0.15, 0.2) is 0 Å². The molecule has 0 aliphatic carbocycles. The number of terminal acetylenes is 1. The molecule has 1 aromatic carbocycles. The molecule has 2 aromatic rings. The minimum atomic E-state index is 0.426. The Morgan fingerprint density at radius 1 is 1.39 bits per heavy atom. The summed E-state index contributed by atoms with van der Waals surface area (Å²) in [6, 6.07) is 7.67. The summed E-state index contributed by atoms with van der Waals surface area (Å²) in [5.74, 6) is 3.96. The average Bonchev–Trinajstić information content (AvgIpc) is 2.73. The molecule has 0 radical (unpaired) electrons. The number of benzene rings is 1. The van der Waals surface area contributed by atoms with Crippen LogP contribution in [0.2, 0.25) is 0 Å². The second-order valence-electron chi connectivity index (χ2n) is 3.77. The van der Waals surface area contributed by atoms with E-state index in [1.807, 2.05) is 31.2 Å². The molecule has 0 bridgehead atoms. The van der Waals surface area contributed by atoms with E-state index in [2.05, 4.69) is 10.9 Å². The highest BCUT2D eigenvalue weighted by molar-refractivity contribution is 5.70. The molecule has 0 saturated carbocycles. The molecule has 2 rings (SSSR count). The topological polar surface area (TPSA) is 53.1 Å². The van der Waals surface area contributed by atoms with Crippen LogP contribution in [0.4, 0.5) is 5.82 Å². The number of imidazole rings is 1. The predicted octanol–water partition coefficient (Wildman–Crippen LogP) is 2.16. The first-order chi connectivity index (χ1) is 8.76. The number of nitrogen functional groups attached to an aromatic ring is 1. The Morgan fingerprint density at radius 3 is 2.72 bits per heavy atom. The molecule has 1 heterocycles. The van der Waals surface area contributed by atoms with Gasteiger partial charge in [-0.05, 0) is 31.2 Å². The van der Waals surface area contributed by atoms with Gasteiger partial charge in [0, 0.05) is 5.56 Å². The molecule has 0 aliphatic rings. The molecule has 2 N–H and O–H groups in total. The zero-order valence-electron chi connectivity index (χ0n) is 10.3. The summed E-state index contributed by atoms with van der Waals surface area (Å²) in [6.07, 6.45) is 6.91. The van der Waals surface area contributed by atoms with Crippen LogP contribution in [0.25, 0.3) is 11.3 Å². The standard InChI is InChI=1S/C14H15N3O/c1-3-9-17-10-16-13(14(17)15)11-5-7-12(8-6-11)18-4-2/h1,5-8,10H,4,9,15H2,2H3. The SMILES string of the molecule is C#CCn1cnc(-c2ccc(OCC)cc2)c1N. The lowest BCUT2D eigenvalue weighted by Crippen LogP contribution is -2.00. The minimum Gasteiger partial charge on any atom is -0.494 e. The van der Waals surface area contributed by atoms with Crippen molar-refractivity contribution in [3.63, 3.8) is 0 Å². The molecule has 0 saturated heterocycles. The van der Waals surface area contributed by atoms with Crippen molar-refractivity contribution in [2.24, 2.45) is 0 Å². The maximum absolute atomic E-state index is 5.99. The largest absolute Gasteiger partial charge is 0.494 e. The highest BCUT2D eigenvalue weighted by atomic mass is 16.5. The van der Waals surface area contributed by atoms with Gasteiger partial charge in [-0.25, -0.2) is 4.98 Å². The van der Waals surface area contributed by atoms with Gasteiger partial charge in [-0.1, -0.05) is 5.92 Å². The summed E-state index contributed by atoms with van der Waals surface area (Å²) in [7, 11) is 0. The first kappa shape index (κ1) is 12.1.